The number of hydrogen-bond donors (Lipinski definition) is 1. The van der Waals surface area contributed by atoms with Gasteiger partial charge in [0.25, 0.3) is 5.91 Å². The summed E-state index contributed by atoms with van der Waals surface area (Å²) < 4.78 is 13.7. The number of nitrogens with one attached hydrogen (secondary N) is 1. The number of benzene rings is 2. The molecule has 3 saturated heterocycles. The second-order valence-corrected chi connectivity index (χ2v) is 14.1. The summed E-state index contributed by atoms with van der Waals surface area (Å²) in [4.78, 5) is 20.7. The van der Waals surface area contributed by atoms with Crippen LogP contribution in [0.5, 0.6) is 0 Å². The van der Waals surface area contributed by atoms with Crippen molar-refractivity contribution in [3.05, 3.63) is 76.1 Å². The largest absolute Gasteiger partial charge is 0.330 e. The molecule has 1 aliphatic carbocycles. The number of carbonyl (C=O) groups is 1. The van der Waals surface area contributed by atoms with Gasteiger partial charge in [-0.25, -0.2) is 4.39 Å². The number of nitrogens with zero attached hydrogens (tertiary/aromatic N) is 3. The first-order valence-corrected chi connectivity index (χ1v) is 15.9. The van der Waals surface area contributed by atoms with E-state index in [1.54, 1.807) is 17.7 Å². The molecule has 3 fully saturated rings. The molecule has 3 atom stereocenters. The predicted molar refractivity (Wildman–Crippen MR) is 162 cm³/mol. The fourth-order valence-corrected chi connectivity index (χ4v) is 8.30. The lowest BCUT2D eigenvalue weighted by Crippen LogP contribution is -2.53. The Morgan fingerprint density at radius 1 is 0.976 bits per heavy atom. The number of hydrogen-bond acceptors (Lipinski definition) is 4. The number of rotatable bonds is 6. The van der Waals surface area contributed by atoms with Gasteiger partial charge in [0.05, 0.1) is 0 Å². The third kappa shape index (κ3) is 5.51. The summed E-state index contributed by atoms with van der Waals surface area (Å²) in [6.45, 7) is 11.7. The molecule has 0 saturated carbocycles. The van der Waals surface area contributed by atoms with Crippen LogP contribution < -0.4 is 5.32 Å². The standard InChI is InChI=1S/C35H45FN4O/c1-35(2)14-13-26(33(17-35)25-6-8-28(36)9-7-25)20-38-22-30-10-11-31(23-38)39(30)19-24-5-12-32-27(16-24)21-40(34(32)41)29-4-3-15-37-18-29/h5-9,12,16,29-31,37H,3-4,10-11,13-15,17-23H2,1-2H3. The van der Waals surface area contributed by atoms with Gasteiger partial charge in [-0.1, -0.05) is 43.7 Å². The maximum atomic E-state index is 13.7. The minimum atomic E-state index is -0.160. The maximum Gasteiger partial charge on any atom is 0.254 e. The molecule has 7 rings (SSSR count). The Labute approximate surface area is 244 Å². The molecule has 4 aliphatic heterocycles. The van der Waals surface area contributed by atoms with Gasteiger partial charge in [0.15, 0.2) is 0 Å². The van der Waals surface area contributed by atoms with Crippen LogP contribution in [0.4, 0.5) is 4.39 Å². The number of fused-ring (bicyclic) bond motifs is 3. The average Bonchev–Trinajstić information content (AvgIpc) is 3.41. The van der Waals surface area contributed by atoms with Crippen LogP contribution in [-0.2, 0) is 13.1 Å². The van der Waals surface area contributed by atoms with Gasteiger partial charge in [-0.15, -0.1) is 0 Å². The minimum Gasteiger partial charge on any atom is -0.330 e. The van der Waals surface area contributed by atoms with Gasteiger partial charge in [-0.05, 0) is 97.4 Å². The van der Waals surface area contributed by atoms with Crippen molar-refractivity contribution in [2.45, 2.75) is 90.0 Å². The van der Waals surface area contributed by atoms with Crippen molar-refractivity contribution in [3.63, 3.8) is 0 Å². The molecule has 3 unspecified atom stereocenters. The van der Waals surface area contributed by atoms with Gasteiger partial charge in [0.1, 0.15) is 5.82 Å². The average molecular weight is 557 g/mol. The zero-order valence-corrected chi connectivity index (χ0v) is 24.8. The minimum absolute atomic E-state index is 0.160. The van der Waals surface area contributed by atoms with E-state index in [0.717, 1.165) is 77.1 Å². The lowest BCUT2D eigenvalue weighted by molar-refractivity contribution is 0.0654. The highest BCUT2D eigenvalue weighted by Crippen LogP contribution is 2.44. The Balaban J connectivity index is 1.03. The van der Waals surface area contributed by atoms with Gasteiger partial charge in [0.2, 0.25) is 0 Å². The smallest absolute Gasteiger partial charge is 0.254 e. The van der Waals surface area contributed by atoms with E-state index in [4.69, 9.17) is 0 Å². The summed E-state index contributed by atoms with van der Waals surface area (Å²) in [5.41, 5.74) is 7.96. The molecule has 5 nitrogen and oxygen atoms in total. The number of allylic oxidation sites excluding steroid dienone is 1. The summed E-state index contributed by atoms with van der Waals surface area (Å²) in [5, 5.41) is 3.47. The van der Waals surface area contributed by atoms with Gasteiger partial charge < -0.3 is 10.2 Å². The van der Waals surface area contributed by atoms with Crippen LogP contribution in [0.2, 0.25) is 0 Å². The molecule has 1 N–H and O–H groups in total. The lowest BCUT2D eigenvalue weighted by atomic mass is 9.72. The Kier molecular flexibility index (Phi) is 7.29. The Hall–Kier alpha value is -2.54. The van der Waals surface area contributed by atoms with E-state index in [2.05, 4.69) is 52.1 Å². The first kappa shape index (κ1) is 27.3. The predicted octanol–water partition coefficient (Wildman–Crippen LogP) is 5.85. The number of halogens is 1. The van der Waals surface area contributed by atoms with Crippen LogP contribution in [0, 0.1) is 11.2 Å². The molecule has 1 amide bonds. The Bertz CT molecular complexity index is 1310. The maximum absolute atomic E-state index is 13.7. The SMILES string of the molecule is CC1(C)CCC(CN2CC3CCC(C2)N3Cc2ccc3c(c2)CN(C2CCCNC2)C3=O)=C(c2ccc(F)cc2)C1. The van der Waals surface area contributed by atoms with Crippen molar-refractivity contribution < 1.29 is 9.18 Å². The van der Waals surface area contributed by atoms with Crippen LogP contribution in [0.15, 0.2) is 48.0 Å². The second kappa shape index (κ2) is 10.9. The zero-order chi connectivity index (χ0) is 28.1. The van der Waals surface area contributed by atoms with E-state index in [1.165, 1.54) is 41.5 Å². The summed E-state index contributed by atoms with van der Waals surface area (Å²) >= 11 is 0. The van der Waals surface area contributed by atoms with E-state index >= 15 is 0 Å². The van der Waals surface area contributed by atoms with E-state index in [9.17, 15) is 9.18 Å². The second-order valence-electron chi connectivity index (χ2n) is 14.1. The molecule has 2 bridgehead atoms. The highest BCUT2D eigenvalue weighted by molar-refractivity contribution is 5.98. The van der Waals surface area contributed by atoms with Crippen LogP contribution >= 0.6 is 0 Å². The van der Waals surface area contributed by atoms with Crippen LogP contribution in [0.25, 0.3) is 5.57 Å². The quantitative estimate of drug-likeness (QED) is 0.485. The normalized spacial score (nSPS) is 28.4. The molecule has 0 aromatic heterocycles. The molecular weight excluding hydrogens is 511 g/mol. The summed E-state index contributed by atoms with van der Waals surface area (Å²) in [7, 11) is 0. The molecule has 0 radical (unpaired) electrons. The zero-order valence-electron chi connectivity index (χ0n) is 24.8. The van der Waals surface area contributed by atoms with Crippen molar-refractivity contribution in [1.82, 2.24) is 20.0 Å². The van der Waals surface area contributed by atoms with Crippen molar-refractivity contribution in [2.24, 2.45) is 5.41 Å². The highest BCUT2D eigenvalue weighted by atomic mass is 19.1. The van der Waals surface area contributed by atoms with Gasteiger partial charge in [-0.2, -0.15) is 0 Å². The molecular formula is C35H45FN4O. The first-order chi connectivity index (χ1) is 19.8. The van der Waals surface area contributed by atoms with Crippen molar-refractivity contribution >= 4 is 11.5 Å². The lowest BCUT2D eigenvalue weighted by Gasteiger charge is -2.43. The summed E-state index contributed by atoms with van der Waals surface area (Å²) in [5.74, 6) is 0.0573. The third-order valence-corrected chi connectivity index (χ3v) is 10.6. The Morgan fingerprint density at radius 3 is 2.49 bits per heavy atom. The number of carbonyl (C=O) groups excluding carboxylic acids is 1. The van der Waals surface area contributed by atoms with Crippen molar-refractivity contribution in [3.8, 4) is 0 Å². The van der Waals surface area contributed by atoms with Gasteiger partial charge >= 0.3 is 0 Å². The van der Waals surface area contributed by atoms with Crippen molar-refractivity contribution in [2.75, 3.05) is 32.7 Å². The summed E-state index contributed by atoms with van der Waals surface area (Å²) in [6, 6.07) is 15.3. The topological polar surface area (TPSA) is 38.8 Å². The fourth-order valence-electron chi connectivity index (χ4n) is 8.30. The number of piperidine rings is 1. The highest BCUT2D eigenvalue weighted by Gasteiger charge is 2.41. The monoisotopic (exact) mass is 556 g/mol. The van der Waals surface area contributed by atoms with Gasteiger partial charge in [0, 0.05) is 63.0 Å². The van der Waals surface area contributed by atoms with E-state index < -0.39 is 0 Å². The number of likely N-dealkylation sites (tertiary alicyclic amines) is 1. The first-order valence-electron chi connectivity index (χ1n) is 15.9. The third-order valence-electron chi connectivity index (χ3n) is 10.6. The molecule has 41 heavy (non-hydrogen) atoms. The van der Waals surface area contributed by atoms with Crippen LogP contribution in [-0.4, -0.2) is 71.5 Å². The van der Waals surface area contributed by atoms with Crippen LogP contribution in [0.1, 0.15) is 85.8 Å². The van der Waals surface area contributed by atoms with Gasteiger partial charge in [-0.3, -0.25) is 14.6 Å². The fraction of sp³-hybridized carbons (Fsp3) is 0.571. The molecule has 2 aromatic carbocycles. The molecule has 0 spiro atoms. The number of amides is 1. The summed E-state index contributed by atoms with van der Waals surface area (Å²) in [6.07, 6.45) is 8.21. The Morgan fingerprint density at radius 2 is 1.76 bits per heavy atom. The molecule has 4 heterocycles. The molecule has 6 heteroatoms. The van der Waals surface area contributed by atoms with Crippen LogP contribution in [0.3, 0.4) is 0 Å². The van der Waals surface area contributed by atoms with Crippen molar-refractivity contribution in [1.29, 1.82) is 0 Å². The van der Waals surface area contributed by atoms with E-state index in [1.807, 2.05) is 12.1 Å². The number of piperazine rings is 1. The van der Waals surface area contributed by atoms with E-state index in [0.29, 0.717) is 18.1 Å². The van der Waals surface area contributed by atoms with E-state index in [-0.39, 0.29) is 17.1 Å². The molecule has 2 aromatic rings. The molecule has 5 aliphatic rings. The molecule has 218 valence electrons.